The number of pyridine rings is 1. The topological polar surface area (TPSA) is 68.5 Å². The first kappa shape index (κ1) is 21.3. The number of cyclic esters (lactones) is 1. The Kier molecular flexibility index (Phi) is 5.00. The summed E-state index contributed by atoms with van der Waals surface area (Å²) in [6.45, 7) is 10.5. The Hall–Kier alpha value is -1.95. The van der Waals surface area contributed by atoms with Gasteiger partial charge in [0.05, 0.1) is 5.54 Å². The van der Waals surface area contributed by atoms with Gasteiger partial charge in [-0.3, -0.25) is 9.78 Å². The van der Waals surface area contributed by atoms with Crippen LogP contribution in [0.5, 0.6) is 0 Å². The Morgan fingerprint density at radius 3 is 2.57 bits per heavy atom. The van der Waals surface area contributed by atoms with E-state index in [1.54, 1.807) is 6.20 Å². The summed E-state index contributed by atoms with van der Waals surface area (Å²) in [5, 5.41) is 0.623. The fourth-order valence-corrected chi connectivity index (χ4v) is 5.57. The Morgan fingerprint density at radius 1 is 1.23 bits per heavy atom. The molecule has 0 aliphatic carbocycles. The van der Waals surface area contributed by atoms with Gasteiger partial charge in [-0.1, -0.05) is 50.6 Å². The third kappa shape index (κ3) is 3.33. The Labute approximate surface area is 183 Å². The summed E-state index contributed by atoms with van der Waals surface area (Å²) in [4.78, 5) is 19.8. The third-order valence-electron chi connectivity index (χ3n) is 6.41. The predicted octanol–water partition coefficient (Wildman–Crippen LogP) is 4.45. The maximum atomic E-state index is 13.2. The molecule has 4 atom stereocenters. The van der Waals surface area contributed by atoms with Gasteiger partial charge in [-0.05, 0) is 55.0 Å². The molecule has 4 rings (SSSR count). The first-order valence-electron chi connectivity index (χ1n) is 10.4. The quantitative estimate of drug-likeness (QED) is 0.732. The number of hydrogen-bond acceptors (Lipinski definition) is 5. The van der Waals surface area contributed by atoms with Crippen LogP contribution in [0.25, 0.3) is 0 Å². The van der Waals surface area contributed by atoms with Gasteiger partial charge in [-0.2, -0.15) is 0 Å². The van der Waals surface area contributed by atoms with Crippen molar-refractivity contribution in [3.63, 3.8) is 0 Å². The molecule has 0 saturated carbocycles. The maximum absolute atomic E-state index is 13.2. The van der Waals surface area contributed by atoms with Gasteiger partial charge in [-0.15, -0.1) is 0 Å². The summed E-state index contributed by atoms with van der Waals surface area (Å²) >= 11 is 6.36. The molecule has 2 aliphatic heterocycles. The standard InChI is InChI=1S/C24H30ClN3O2/c1-22(2,3)13-18-24(26,16-9-7-11-27-14-16)19(15-8-6-10-17(25)12-15)20-21(29)30-23(4,5)28(18)20/h6-12,14,18-20H,13,26H2,1-5H3/t18-,19-,20+,24+/m0/s1. The largest absolute Gasteiger partial charge is 0.443 e. The Bertz CT molecular complexity index is 956. The van der Waals surface area contributed by atoms with E-state index in [-0.39, 0.29) is 23.3 Å². The van der Waals surface area contributed by atoms with Gasteiger partial charge in [0.15, 0.2) is 5.72 Å². The number of aromatic nitrogens is 1. The molecule has 0 spiro atoms. The van der Waals surface area contributed by atoms with Gasteiger partial charge >= 0.3 is 5.97 Å². The van der Waals surface area contributed by atoms with Gasteiger partial charge in [0.25, 0.3) is 0 Å². The molecule has 2 aliphatic rings. The number of carbonyl (C=O) groups is 1. The van der Waals surface area contributed by atoms with Gasteiger partial charge in [0, 0.05) is 29.4 Å². The second-order valence-corrected chi connectivity index (χ2v) is 10.6. The molecule has 1 aromatic heterocycles. The maximum Gasteiger partial charge on any atom is 0.325 e. The van der Waals surface area contributed by atoms with E-state index in [9.17, 15) is 4.79 Å². The van der Waals surface area contributed by atoms with E-state index in [0.717, 1.165) is 17.5 Å². The molecule has 30 heavy (non-hydrogen) atoms. The van der Waals surface area contributed by atoms with E-state index >= 15 is 0 Å². The van der Waals surface area contributed by atoms with Crippen LogP contribution in [0, 0.1) is 5.41 Å². The van der Waals surface area contributed by atoms with Crippen LogP contribution in [-0.4, -0.2) is 33.7 Å². The molecule has 2 saturated heterocycles. The van der Waals surface area contributed by atoms with E-state index in [1.165, 1.54) is 0 Å². The summed E-state index contributed by atoms with van der Waals surface area (Å²) in [7, 11) is 0. The zero-order chi connectivity index (χ0) is 21.9. The SMILES string of the molecule is CC(C)(C)C[C@@H]1N2[C@@H](C(=O)OC2(C)C)[C@H](c2cccc(Cl)c2)[C@@]1(N)c1cccnc1. The molecule has 0 unspecified atom stereocenters. The highest BCUT2D eigenvalue weighted by molar-refractivity contribution is 6.30. The number of halogens is 1. The molecule has 3 heterocycles. The van der Waals surface area contributed by atoms with E-state index in [2.05, 4.69) is 30.7 Å². The summed E-state index contributed by atoms with van der Waals surface area (Å²) in [5.74, 6) is -0.554. The first-order chi connectivity index (χ1) is 13.9. The Morgan fingerprint density at radius 2 is 1.97 bits per heavy atom. The van der Waals surface area contributed by atoms with Crippen molar-refractivity contribution in [1.29, 1.82) is 0 Å². The molecular weight excluding hydrogens is 398 g/mol. The molecule has 0 amide bonds. The van der Waals surface area contributed by atoms with Crippen molar-refractivity contribution < 1.29 is 9.53 Å². The van der Waals surface area contributed by atoms with Crippen LogP contribution >= 0.6 is 11.6 Å². The highest BCUT2D eigenvalue weighted by atomic mass is 35.5. The van der Waals surface area contributed by atoms with Gasteiger partial charge in [0.1, 0.15) is 6.04 Å². The number of esters is 1. The number of ether oxygens (including phenoxy) is 1. The van der Waals surface area contributed by atoms with Gasteiger partial charge in [-0.25, -0.2) is 4.90 Å². The minimum absolute atomic E-state index is 0.00696. The molecule has 2 fully saturated rings. The van der Waals surface area contributed by atoms with Gasteiger partial charge in [0.2, 0.25) is 0 Å². The van der Waals surface area contributed by atoms with Crippen LogP contribution in [0.4, 0.5) is 0 Å². The lowest BCUT2D eigenvalue weighted by Crippen LogP contribution is -2.56. The smallest absolute Gasteiger partial charge is 0.325 e. The highest BCUT2D eigenvalue weighted by Crippen LogP contribution is 2.57. The number of nitrogens with zero attached hydrogens (tertiary/aromatic N) is 2. The van der Waals surface area contributed by atoms with Crippen molar-refractivity contribution in [1.82, 2.24) is 9.88 Å². The number of hydrogen-bond donors (Lipinski definition) is 1. The van der Waals surface area contributed by atoms with Crippen molar-refractivity contribution in [2.45, 2.75) is 70.3 Å². The molecule has 0 radical (unpaired) electrons. The van der Waals surface area contributed by atoms with Crippen molar-refractivity contribution in [3.05, 3.63) is 64.9 Å². The van der Waals surface area contributed by atoms with Crippen LogP contribution in [0.15, 0.2) is 48.8 Å². The van der Waals surface area contributed by atoms with E-state index in [0.29, 0.717) is 5.02 Å². The lowest BCUT2D eigenvalue weighted by Gasteiger charge is -2.44. The highest BCUT2D eigenvalue weighted by Gasteiger charge is 2.68. The molecule has 2 N–H and O–H groups in total. The van der Waals surface area contributed by atoms with E-state index in [4.69, 9.17) is 22.1 Å². The second kappa shape index (κ2) is 7.04. The normalized spacial score (nSPS) is 30.9. The van der Waals surface area contributed by atoms with Crippen LogP contribution in [0.1, 0.15) is 58.1 Å². The molecule has 5 nitrogen and oxygen atoms in total. The summed E-state index contributed by atoms with van der Waals surface area (Å²) in [5.41, 5.74) is 7.66. The molecular formula is C24H30ClN3O2. The molecule has 1 aromatic carbocycles. The zero-order valence-electron chi connectivity index (χ0n) is 18.2. The molecule has 6 heteroatoms. The number of rotatable bonds is 3. The summed E-state index contributed by atoms with van der Waals surface area (Å²) < 4.78 is 5.85. The second-order valence-electron chi connectivity index (χ2n) is 10.2. The zero-order valence-corrected chi connectivity index (χ0v) is 19.0. The fraction of sp³-hybridized carbons (Fsp3) is 0.500. The number of carbonyl (C=O) groups excluding carboxylic acids is 1. The monoisotopic (exact) mass is 427 g/mol. The van der Waals surface area contributed by atoms with E-state index < -0.39 is 17.3 Å². The fourth-order valence-electron chi connectivity index (χ4n) is 5.37. The van der Waals surface area contributed by atoms with Crippen LogP contribution in [-0.2, 0) is 15.1 Å². The lowest BCUT2D eigenvalue weighted by atomic mass is 9.69. The predicted molar refractivity (Wildman–Crippen MR) is 118 cm³/mol. The minimum atomic E-state index is -0.840. The van der Waals surface area contributed by atoms with Crippen molar-refractivity contribution in [3.8, 4) is 0 Å². The average Bonchev–Trinajstić information content (AvgIpc) is 3.04. The van der Waals surface area contributed by atoms with Gasteiger partial charge < -0.3 is 10.5 Å². The van der Waals surface area contributed by atoms with Crippen LogP contribution in [0.2, 0.25) is 5.02 Å². The van der Waals surface area contributed by atoms with Crippen molar-refractivity contribution >= 4 is 17.6 Å². The molecule has 160 valence electrons. The number of nitrogens with two attached hydrogens (primary N) is 1. The molecule has 2 aromatic rings. The molecule has 0 bridgehead atoms. The van der Waals surface area contributed by atoms with E-state index in [1.807, 2.05) is 56.4 Å². The minimum Gasteiger partial charge on any atom is -0.443 e. The van der Waals surface area contributed by atoms with Crippen molar-refractivity contribution in [2.24, 2.45) is 11.1 Å². The average molecular weight is 428 g/mol. The first-order valence-corrected chi connectivity index (χ1v) is 10.8. The Balaban J connectivity index is 1.99. The number of benzene rings is 1. The van der Waals surface area contributed by atoms with Crippen molar-refractivity contribution in [2.75, 3.05) is 0 Å². The van der Waals surface area contributed by atoms with Crippen LogP contribution in [0.3, 0.4) is 0 Å². The summed E-state index contributed by atoms with van der Waals surface area (Å²) in [6.07, 6.45) is 4.37. The lowest BCUT2D eigenvalue weighted by molar-refractivity contribution is -0.152. The third-order valence-corrected chi connectivity index (χ3v) is 6.64. The number of fused-ring (bicyclic) bond motifs is 1. The summed E-state index contributed by atoms with van der Waals surface area (Å²) in [6, 6.07) is 11.0. The van der Waals surface area contributed by atoms with Crippen LogP contribution < -0.4 is 5.73 Å².